The van der Waals surface area contributed by atoms with Gasteiger partial charge in [0.1, 0.15) is 0 Å². The van der Waals surface area contributed by atoms with Crippen molar-refractivity contribution in [2.45, 2.75) is 25.0 Å². The minimum atomic E-state index is -0.180. The van der Waals surface area contributed by atoms with Crippen LogP contribution >= 0.6 is 0 Å². The van der Waals surface area contributed by atoms with Gasteiger partial charge >= 0.3 is 0 Å². The number of hydrogen-bond donors (Lipinski definition) is 1. The maximum atomic E-state index is 13.2. The minimum Gasteiger partial charge on any atom is -0.304 e. The zero-order chi connectivity index (χ0) is 17.8. The third kappa shape index (κ3) is 3.39. The van der Waals surface area contributed by atoms with Crippen LogP contribution in [0.5, 0.6) is 0 Å². The van der Waals surface area contributed by atoms with Crippen LogP contribution in [0.1, 0.15) is 23.6 Å². The number of rotatable bonds is 5. The Morgan fingerprint density at radius 3 is 2.04 bits per heavy atom. The van der Waals surface area contributed by atoms with Crippen molar-refractivity contribution in [3.05, 3.63) is 102 Å². The van der Waals surface area contributed by atoms with Gasteiger partial charge < -0.3 is 10.2 Å². The van der Waals surface area contributed by atoms with Gasteiger partial charge in [-0.25, -0.2) is 0 Å². The van der Waals surface area contributed by atoms with Crippen LogP contribution in [0.3, 0.4) is 0 Å². The average Bonchev–Trinajstić information content (AvgIpc) is 3.05. The van der Waals surface area contributed by atoms with Gasteiger partial charge in [-0.05, 0) is 29.7 Å². The minimum absolute atomic E-state index is 0.0550. The largest absolute Gasteiger partial charge is 0.304 e. The van der Waals surface area contributed by atoms with E-state index in [1.807, 2.05) is 71.6 Å². The summed E-state index contributed by atoms with van der Waals surface area (Å²) < 4.78 is 0. The Labute approximate surface area is 154 Å². The molecule has 1 aliphatic rings. The standard InChI is InChI=1S/C23H22N2O/c26-23-21(24-17-18-10-4-1-5-11-18)16-22(19-12-6-2-7-13-19)25(23)20-14-8-3-9-15-20/h1-15,21-22,24H,16-17H2. The maximum absolute atomic E-state index is 13.2. The lowest BCUT2D eigenvalue weighted by molar-refractivity contribution is -0.119. The van der Waals surface area contributed by atoms with Crippen molar-refractivity contribution in [1.82, 2.24) is 5.32 Å². The highest BCUT2D eigenvalue weighted by Crippen LogP contribution is 2.37. The molecule has 0 aromatic heterocycles. The van der Waals surface area contributed by atoms with Crippen LogP contribution in [0.15, 0.2) is 91.0 Å². The van der Waals surface area contributed by atoms with E-state index in [0.717, 1.165) is 12.1 Å². The number of para-hydroxylation sites is 1. The lowest BCUT2D eigenvalue weighted by Crippen LogP contribution is -2.38. The molecule has 1 amide bonds. The normalized spacial score (nSPS) is 19.7. The Hall–Kier alpha value is -2.91. The molecule has 0 radical (unpaired) electrons. The summed E-state index contributed by atoms with van der Waals surface area (Å²) in [5.41, 5.74) is 3.32. The van der Waals surface area contributed by atoms with E-state index in [-0.39, 0.29) is 18.0 Å². The zero-order valence-corrected chi connectivity index (χ0v) is 14.6. The van der Waals surface area contributed by atoms with Crippen LogP contribution in [0.25, 0.3) is 0 Å². The topological polar surface area (TPSA) is 32.3 Å². The molecule has 1 fully saturated rings. The third-order valence-electron chi connectivity index (χ3n) is 4.92. The molecule has 1 heterocycles. The molecule has 2 atom stereocenters. The molecule has 4 rings (SSSR count). The molecule has 3 aromatic rings. The van der Waals surface area contributed by atoms with E-state index >= 15 is 0 Å². The van der Waals surface area contributed by atoms with E-state index in [0.29, 0.717) is 6.54 Å². The quantitative estimate of drug-likeness (QED) is 0.749. The highest BCUT2D eigenvalue weighted by Gasteiger charge is 2.40. The second-order valence-electron chi connectivity index (χ2n) is 6.63. The van der Waals surface area contributed by atoms with Crippen LogP contribution in [0.2, 0.25) is 0 Å². The Morgan fingerprint density at radius 2 is 1.38 bits per heavy atom. The van der Waals surface area contributed by atoms with Crippen molar-refractivity contribution >= 4 is 11.6 Å². The second kappa shape index (κ2) is 7.54. The summed E-state index contributed by atoms with van der Waals surface area (Å²) >= 11 is 0. The van der Waals surface area contributed by atoms with Crippen molar-refractivity contribution in [1.29, 1.82) is 0 Å². The zero-order valence-electron chi connectivity index (χ0n) is 14.6. The molecule has 3 heteroatoms. The summed E-state index contributed by atoms with van der Waals surface area (Å²) in [5, 5.41) is 3.46. The molecule has 130 valence electrons. The van der Waals surface area contributed by atoms with Crippen LogP contribution in [0, 0.1) is 0 Å². The molecule has 1 saturated heterocycles. The SMILES string of the molecule is O=C1C(NCc2ccccc2)CC(c2ccccc2)N1c1ccccc1. The smallest absolute Gasteiger partial charge is 0.244 e. The molecular weight excluding hydrogens is 320 g/mol. The van der Waals surface area contributed by atoms with Gasteiger partial charge in [0.25, 0.3) is 0 Å². The first-order valence-electron chi connectivity index (χ1n) is 9.03. The van der Waals surface area contributed by atoms with E-state index < -0.39 is 0 Å². The van der Waals surface area contributed by atoms with Crippen molar-refractivity contribution in [2.24, 2.45) is 0 Å². The molecular formula is C23H22N2O. The number of anilines is 1. The van der Waals surface area contributed by atoms with E-state index in [4.69, 9.17) is 0 Å². The molecule has 1 N–H and O–H groups in total. The highest BCUT2D eigenvalue weighted by atomic mass is 16.2. The first kappa shape index (κ1) is 16.6. The summed E-state index contributed by atoms with van der Waals surface area (Å²) in [6.07, 6.45) is 0.768. The fourth-order valence-corrected chi connectivity index (χ4v) is 3.61. The van der Waals surface area contributed by atoms with Crippen molar-refractivity contribution in [3.8, 4) is 0 Å². The average molecular weight is 342 g/mol. The van der Waals surface area contributed by atoms with Gasteiger partial charge in [0.15, 0.2) is 0 Å². The number of carbonyl (C=O) groups is 1. The lowest BCUT2D eigenvalue weighted by Gasteiger charge is -2.25. The Morgan fingerprint density at radius 1 is 0.808 bits per heavy atom. The maximum Gasteiger partial charge on any atom is 0.244 e. The van der Waals surface area contributed by atoms with Gasteiger partial charge in [-0.2, -0.15) is 0 Å². The molecule has 0 spiro atoms. The predicted octanol–water partition coefficient (Wildman–Crippen LogP) is 4.32. The van der Waals surface area contributed by atoms with Crippen molar-refractivity contribution in [2.75, 3.05) is 4.90 Å². The van der Waals surface area contributed by atoms with Crippen LogP contribution in [0.4, 0.5) is 5.69 Å². The van der Waals surface area contributed by atoms with E-state index in [9.17, 15) is 4.79 Å². The predicted molar refractivity (Wildman–Crippen MR) is 105 cm³/mol. The first-order valence-corrected chi connectivity index (χ1v) is 9.03. The number of amides is 1. The van der Waals surface area contributed by atoms with Crippen molar-refractivity contribution in [3.63, 3.8) is 0 Å². The Bertz CT molecular complexity index is 849. The van der Waals surface area contributed by atoms with Gasteiger partial charge in [0.05, 0.1) is 12.1 Å². The van der Waals surface area contributed by atoms with Gasteiger partial charge in [0.2, 0.25) is 5.91 Å². The van der Waals surface area contributed by atoms with Gasteiger partial charge in [-0.1, -0.05) is 78.9 Å². The monoisotopic (exact) mass is 342 g/mol. The second-order valence-corrected chi connectivity index (χ2v) is 6.63. The van der Waals surface area contributed by atoms with Gasteiger partial charge in [-0.3, -0.25) is 4.79 Å². The van der Waals surface area contributed by atoms with Gasteiger partial charge in [-0.15, -0.1) is 0 Å². The summed E-state index contributed by atoms with van der Waals surface area (Å²) in [4.78, 5) is 15.1. The summed E-state index contributed by atoms with van der Waals surface area (Å²) in [6, 6.07) is 30.3. The fourth-order valence-electron chi connectivity index (χ4n) is 3.61. The van der Waals surface area contributed by atoms with E-state index in [1.165, 1.54) is 11.1 Å². The van der Waals surface area contributed by atoms with Crippen molar-refractivity contribution < 1.29 is 4.79 Å². The Balaban J connectivity index is 1.59. The molecule has 2 unspecified atom stereocenters. The number of nitrogens with one attached hydrogen (secondary N) is 1. The summed E-state index contributed by atoms with van der Waals surface area (Å²) in [7, 11) is 0. The van der Waals surface area contributed by atoms with E-state index in [2.05, 4.69) is 29.6 Å². The summed E-state index contributed by atoms with van der Waals surface area (Å²) in [5.74, 6) is 0.140. The molecule has 3 nitrogen and oxygen atoms in total. The number of benzene rings is 3. The number of hydrogen-bond acceptors (Lipinski definition) is 2. The molecule has 0 aliphatic carbocycles. The number of nitrogens with zero attached hydrogens (tertiary/aromatic N) is 1. The van der Waals surface area contributed by atoms with E-state index in [1.54, 1.807) is 0 Å². The van der Waals surface area contributed by atoms with Crippen LogP contribution < -0.4 is 10.2 Å². The summed E-state index contributed by atoms with van der Waals surface area (Å²) in [6.45, 7) is 0.696. The molecule has 3 aromatic carbocycles. The highest BCUT2D eigenvalue weighted by molar-refractivity contribution is 6.00. The molecule has 0 saturated carbocycles. The molecule has 0 bridgehead atoms. The fraction of sp³-hybridized carbons (Fsp3) is 0.174. The molecule has 26 heavy (non-hydrogen) atoms. The Kier molecular flexibility index (Phi) is 4.80. The first-order chi connectivity index (χ1) is 12.8. The van der Waals surface area contributed by atoms with Crippen LogP contribution in [-0.4, -0.2) is 11.9 Å². The van der Waals surface area contributed by atoms with Crippen LogP contribution in [-0.2, 0) is 11.3 Å². The number of carbonyl (C=O) groups excluding carboxylic acids is 1. The third-order valence-corrected chi connectivity index (χ3v) is 4.92. The lowest BCUT2D eigenvalue weighted by atomic mass is 10.0. The molecule has 1 aliphatic heterocycles. The van der Waals surface area contributed by atoms with Gasteiger partial charge in [0, 0.05) is 12.2 Å².